The SMILES string of the molecule is Cc1cc(C)c2cc(CN(CCCO)S(=O)(=O)c3ccc(F)cc3)c(=O)[nH]c2c1. The van der Waals surface area contributed by atoms with Gasteiger partial charge in [-0.3, -0.25) is 4.79 Å². The molecule has 6 nitrogen and oxygen atoms in total. The molecule has 0 saturated heterocycles. The van der Waals surface area contributed by atoms with Crippen molar-refractivity contribution in [2.45, 2.75) is 31.7 Å². The fraction of sp³-hybridized carbons (Fsp3) is 0.286. The number of aliphatic hydroxyl groups excluding tert-OH is 1. The molecule has 0 saturated carbocycles. The second kappa shape index (κ2) is 8.44. The van der Waals surface area contributed by atoms with E-state index in [1.807, 2.05) is 26.0 Å². The number of nitrogens with one attached hydrogen (secondary N) is 1. The fourth-order valence-corrected chi connectivity index (χ4v) is 4.77. The van der Waals surface area contributed by atoms with Gasteiger partial charge in [0.15, 0.2) is 0 Å². The quantitative estimate of drug-likeness (QED) is 0.617. The normalized spacial score (nSPS) is 12.0. The van der Waals surface area contributed by atoms with Gasteiger partial charge in [0.2, 0.25) is 10.0 Å². The van der Waals surface area contributed by atoms with Crippen LogP contribution in [0, 0.1) is 19.7 Å². The van der Waals surface area contributed by atoms with E-state index in [0.29, 0.717) is 11.1 Å². The lowest BCUT2D eigenvalue weighted by atomic mass is 10.0. The predicted octanol–water partition coefficient (Wildman–Crippen LogP) is 2.86. The number of aryl methyl sites for hydroxylation is 2. The highest BCUT2D eigenvalue weighted by molar-refractivity contribution is 7.89. The third-order valence-corrected chi connectivity index (χ3v) is 6.61. The second-order valence-electron chi connectivity index (χ2n) is 7.04. The van der Waals surface area contributed by atoms with E-state index in [1.54, 1.807) is 6.07 Å². The van der Waals surface area contributed by atoms with Crippen molar-refractivity contribution >= 4 is 20.9 Å². The molecule has 29 heavy (non-hydrogen) atoms. The Morgan fingerprint density at radius 1 is 1.10 bits per heavy atom. The number of hydrogen-bond donors (Lipinski definition) is 2. The molecule has 8 heteroatoms. The first-order chi connectivity index (χ1) is 13.7. The van der Waals surface area contributed by atoms with E-state index >= 15 is 0 Å². The average Bonchev–Trinajstić information content (AvgIpc) is 2.65. The van der Waals surface area contributed by atoms with E-state index < -0.39 is 15.8 Å². The fourth-order valence-electron chi connectivity index (χ4n) is 3.31. The molecule has 1 heterocycles. The zero-order valence-corrected chi connectivity index (χ0v) is 17.1. The van der Waals surface area contributed by atoms with E-state index in [9.17, 15) is 22.7 Å². The number of sulfonamides is 1. The van der Waals surface area contributed by atoms with Gasteiger partial charge in [-0.1, -0.05) is 6.07 Å². The maximum atomic E-state index is 13.2. The molecule has 0 atom stereocenters. The molecule has 3 aromatic rings. The summed E-state index contributed by atoms with van der Waals surface area (Å²) in [5.41, 5.74) is 2.61. The van der Waals surface area contributed by atoms with Crippen molar-refractivity contribution in [2.24, 2.45) is 0 Å². The summed E-state index contributed by atoms with van der Waals surface area (Å²) in [6.07, 6.45) is 0.212. The number of benzene rings is 2. The van der Waals surface area contributed by atoms with Crippen molar-refractivity contribution in [3.63, 3.8) is 0 Å². The smallest absolute Gasteiger partial charge is 0.252 e. The monoisotopic (exact) mass is 418 g/mol. The summed E-state index contributed by atoms with van der Waals surface area (Å²) in [5.74, 6) is -0.539. The second-order valence-corrected chi connectivity index (χ2v) is 8.97. The van der Waals surface area contributed by atoms with Crippen molar-refractivity contribution < 1.29 is 17.9 Å². The van der Waals surface area contributed by atoms with Crippen molar-refractivity contribution in [1.29, 1.82) is 0 Å². The minimum atomic E-state index is -3.97. The Kier molecular flexibility index (Phi) is 6.16. The van der Waals surface area contributed by atoms with Crippen LogP contribution in [0.1, 0.15) is 23.1 Å². The third-order valence-electron chi connectivity index (χ3n) is 4.75. The number of hydrogen-bond acceptors (Lipinski definition) is 4. The molecule has 0 amide bonds. The molecule has 1 aromatic heterocycles. The van der Waals surface area contributed by atoms with Crippen LogP contribution in [-0.4, -0.2) is 36.0 Å². The van der Waals surface area contributed by atoms with E-state index in [4.69, 9.17) is 0 Å². The van der Waals surface area contributed by atoms with Crippen LogP contribution < -0.4 is 5.56 Å². The van der Waals surface area contributed by atoms with Crippen LogP contribution in [0.25, 0.3) is 10.9 Å². The topological polar surface area (TPSA) is 90.5 Å². The Labute approximate surface area is 168 Å². The molecule has 0 bridgehead atoms. The summed E-state index contributed by atoms with van der Waals surface area (Å²) in [4.78, 5) is 15.4. The molecule has 154 valence electrons. The number of aromatic nitrogens is 1. The lowest BCUT2D eigenvalue weighted by molar-refractivity contribution is 0.267. The minimum absolute atomic E-state index is 0.0283. The number of rotatable bonds is 7. The first kappa shape index (κ1) is 21.2. The first-order valence-electron chi connectivity index (χ1n) is 9.22. The Morgan fingerprint density at radius 2 is 1.79 bits per heavy atom. The molecule has 2 aromatic carbocycles. The zero-order chi connectivity index (χ0) is 21.2. The Bertz CT molecular complexity index is 1190. The molecule has 0 unspecified atom stereocenters. The van der Waals surface area contributed by atoms with Gasteiger partial charge < -0.3 is 10.1 Å². The lowest BCUT2D eigenvalue weighted by Gasteiger charge is -2.22. The Hall–Kier alpha value is -2.55. The summed E-state index contributed by atoms with van der Waals surface area (Å²) in [6, 6.07) is 10.1. The van der Waals surface area contributed by atoms with Gasteiger partial charge in [-0.2, -0.15) is 4.31 Å². The Balaban J connectivity index is 2.04. The van der Waals surface area contributed by atoms with Gasteiger partial charge in [0.1, 0.15) is 5.82 Å². The number of H-pyrrole nitrogens is 1. The van der Waals surface area contributed by atoms with E-state index in [2.05, 4.69) is 4.98 Å². The molecule has 0 fully saturated rings. The summed E-state index contributed by atoms with van der Waals surface area (Å²) >= 11 is 0. The van der Waals surface area contributed by atoms with Crippen molar-refractivity contribution in [2.75, 3.05) is 13.2 Å². The van der Waals surface area contributed by atoms with Crippen LogP contribution >= 0.6 is 0 Å². The van der Waals surface area contributed by atoms with Crippen LogP contribution in [0.15, 0.2) is 52.2 Å². The molecule has 2 N–H and O–H groups in total. The summed E-state index contributed by atoms with van der Waals surface area (Å²) < 4.78 is 40.4. The number of aliphatic hydroxyl groups is 1. The molecular formula is C21H23FN2O4S. The van der Waals surface area contributed by atoms with Crippen LogP contribution in [0.2, 0.25) is 0 Å². The van der Waals surface area contributed by atoms with Crippen molar-refractivity contribution in [3.05, 3.63) is 75.3 Å². The lowest BCUT2D eigenvalue weighted by Crippen LogP contribution is -2.34. The molecule has 3 rings (SSSR count). The number of fused-ring (bicyclic) bond motifs is 1. The van der Waals surface area contributed by atoms with E-state index in [0.717, 1.165) is 33.0 Å². The highest BCUT2D eigenvalue weighted by atomic mass is 32.2. The molecule has 0 aliphatic carbocycles. The summed E-state index contributed by atoms with van der Waals surface area (Å²) in [6.45, 7) is 3.54. The van der Waals surface area contributed by atoms with Gasteiger partial charge in [0.25, 0.3) is 5.56 Å². The highest BCUT2D eigenvalue weighted by Crippen LogP contribution is 2.22. The zero-order valence-electron chi connectivity index (χ0n) is 16.3. The standard InChI is InChI=1S/C21H23FN2O4S/c1-14-10-15(2)19-12-16(21(26)23-20(19)11-14)13-24(8-3-9-25)29(27,28)18-6-4-17(22)5-7-18/h4-7,10-12,25H,3,8-9,13H2,1-2H3,(H,23,26). The van der Waals surface area contributed by atoms with E-state index in [-0.39, 0.29) is 36.6 Å². The summed E-state index contributed by atoms with van der Waals surface area (Å²) in [7, 11) is -3.97. The van der Waals surface area contributed by atoms with Gasteiger partial charge >= 0.3 is 0 Å². The maximum absolute atomic E-state index is 13.2. The third kappa shape index (κ3) is 4.55. The maximum Gasteiger partial charge on any atom is 0.252 e. The first-order valence-corrected chi connectivity index (χ1v) is 10.7. The van der Waals surface area contributed by atoms with Crippen LogP contribution in [-0.2, 0) is 16.6 Å². The van der Waals surface area contributed by atoms with Crippen molar-refractivity contribution in [3.8, 4) is 0 Å². The Morgan fingerprint density at radius 3 is 2.45 bits per heavy atom. The van der Waals surface area contributed by atoms with Gasteiger partial charge in [-0.05, 0) is 67.8 Å². The number of halogens is 1. The molecule has 0 aliphatic heterocycles. The number of aromatic amines is 1. The van der Waals surface area contributed by atoms with Crippen LogP contribution in [0.4, 0.5) is 4.39 Å². The van der Waals surface area contributed by atoms with Crippen LogP contribution in [0.3, 0.4) is 0 Å². The predicted molar refractivity (Wildman–Crippen MR) is 110 cm³/mol. The van der Waals surface area contributed by atoms with Crippen LogP contribution in [0.5, 0.6) is 0 Å². The highest BCUT2D eigenvalue weighted by Gasteiger charge is 2.25. The van der Waals surface area contributed by atoms with Gasteiger partial charge in [0.05, 0.1) is 4.90 Å². The largest absolute Gasteiger partial charge is 0.396 e. The van der Waals surface area contributed by atoms with Gasteiger partial charge in [-0.25, -0.2) is 12.8 Å². The molecule has 0 radical (unpaired) electrons. The average molecular weight is 418 g/mol. The molecular weight excluding hydrogens is 395 g/mol. The van der Waals surface area contributed by atoms with E-state index in [1.165, 1.54) is 12.1 Å². The summed E-state index contributed by atoms with van der Waals surface area (Å²) in [5, 5.41) is 10.0. The number of pyridine rings is 1. The minimum Gasteiger partial charge on any atom is -0.396 e. The van der Waals surface area contributed by atoms with Gasteiger partial charge in [-0.15, -0.1) is 0 Å². The number of nitrogens with zero attached hydrogens (tertiary/aromatic N) is 1. The van der Waals surface area contributed by atoms with Gasteiger partial charge in [0, 0.05) is 36.2 Å². The molecule has 0 aliphatic rings. The van der Waals surface area contributed by atoms with Crippen molar-refractivity contribution in [1.82, 2.24) is 9.29 Å². The molecule has 0 spiro atoms.